The van der Waals surface area contributed by atoms with E-state index in [1.54, 1.807) is 18.2 Å². The highest BCUT2D eigenvalue weighted by Gasteiger charge is 2.38. The summed E-state index contributed by atoms with van der Waals surface area (Å²) in [6.07, 6.45) is 2.45. The Labute approximate surface area is 211 Å². The van der Waals surface area contributed by atoms with Crippen molar-refractivity contribution in [2.24, 2.45) is 10.1 Å². The topological polar surface area (TPSA) is 121 Å². The van der Waals surface area contributed by atoms with Gasteiger partial charge < -0.3 is 9.47 Å². The average Bonchev–Trinajstić information content (AvgIpc) is 3.19. The lowest BCUT2D eigenvalue weighted by atomic mass is 10.1. The Kier molecular flexibility index (Phi) is 7.02. The number of hydrogen-bond acceptors (Lipinski definition) is 8. The lowest BCUT2D eigenvalue weighted by molar-refractivity contribution is -0.114. The third-order valence-corrected chi connectivity index (χ3v) is 7.70. The van der Waals surface area contributed by atoms with Crippen molar-refractivity contribution < 1.29 is 22.7 Å². The summed E-state index contributed by atoms with van der Waals surface area (Å²) >= 11 is 7.08. The minimum absolute atomic E-state index is 0.0300. The van der Waals surface area contributed by atoms with Gasteiger partial charge in [0.25, 0.3) is 5.91 Å². The average molecular weight is 533 g/mol. The zero-order valence-corrected chi connectivity index (χ0v) is 21.4. The smallest absolute Gasteiger partial charge is 0.283 e. The molecular formula is C23H21ClN4O5S2. The molecule has 182 valence electrons. The first-order valence-corrected chi connectivity index (χ1v) is 13.4. The van der Waals surface area contributed by atoms with E-state index in [9.17, 15) is 13.2 Å². The van der Waals surface area contributed by atoms with Gasteiger partial charge in [-0.2, -0.15) is 10.0 Å². The number of nitrogens with zero attached hydrogens (tertiary/aromatic N) is 3. The Balaban J connectivity index is 1.43. The van der Waals surface area contributed by atoms with Crippen molar-refractivity contribution >= 4 is 60.6 Å². The van der Waals surface area contributed by atoms with Crippen LogP contribution in [0.5, 0.6) is 11.5 Å². The molecule has 0 spiro atoms. The largest absolute Gasteiger partial charge is 0.490 e. The van der Waals surface area contributed by atoms with Crippen LogP contribution >= 0.6 is 23.4 Å². The maximum Gasteiger partial charge on any atom is 0.283 e. The summed E-state index contributed by atoms with van der Waals surface area (Å²) in [5.74, 6) is 0.278. The van der Waals surface area contributed by atoms with Crippen molar-refractivity contribution in [2.75, 3.05) is 19.5 Å². The van der Waals surface area contributed by atoms with Gasteiger partial charge in [-0.15, -0.1) is 5.10 Å². The lowest BCUT2D eigenvalue weighted by Crippen LogP contribution is -2.35. The number of carbonyl (C=O) groups is 1. The van der Waals surface area contributed by atoms with E-state index in [4.69, 9.17) is 26.5 Å². The molecule has 0 aliphatic carbocycles. The monoisotopic (exact) mass is 532 g/mol. The number of nitrogens with one attached hydrogen (secondary N) is 1. The number of thioether (sulfide) groups is 1. The fraction of sp³-hybridized carbons (Fsp3) is 0.217. The molecule has 1 amide bonds. The van der Waals surface area contributed by atoms with Crippen LogP contribution in [0.2, 0.25) is 5.02 Å². The van der Waals surface area contributed by atoms with Gasteiger partial charge in [-0.1, -0.05) is 23.7 Å². The minimum Gasteiger partial charge on any atom is -0.490 e. The predicted molar refractivity (Wildman–Crippen MR) is 138 cm³/mol. The highest BCUT2D eigenvalue weighted by Crippen LogP contribution is 2.31. The molecule has 0 fully saturated rings. The van der Waals surface area contributed by atoms with E-state index in [0.29, 0.717) is 22.9 Å². The van der Waals surface area contributed by atoms with Crippen LogP contribution in [0, 0.1) is 19.3 Å². The summed E-state index contributed by atoms with van der Waals surface area (Å²) in [5, 5.41) is 13.6. The van der Waals surface area contributed by atoms with Crippen molar-refractivity contribution in [3.63, 3.8) is 0 Å². The number of aliphatic imine (C=N–C) groups is 1. The fourth-order valence-corrected chi connectivity index (χ4v) is 5.27. The highest BCUT2D eigenvalue weighted by molar-refractivity contribution is 8.42. The molecule has 1 N–H and O–H groups in total. The molecule has 0 aromatic heterocycles. The molecule has 0 saturated heterocycles. The van der Waals surface area contributed by atoms with Gasteiger partial charge in [0.2, 0.25) is 19.4 Å². The standard InChI is InChI=1S/C23H21ClN4O5S2/c1-13-8-14(2)10-16(9-13)32-6-7-33-19-5-4-15(12-18(19)24)11-17-20(25)28-22(26-21(17)29)34-23(27-28)35(3,30)31/h4-5,8-12,25H,6-7H2,1-3H3/b17-11-,25-20?. The van der Waals surface area contributed by atoms with Crippen molar-refractivity contribution in [3.8, 4) is 11.5 Å². The van der Waals surface area contributed by atoms with Gasteiger partial charge >= 0.3 is 0 Å². The number of fused-ring (bicyclic) bond motifs is 1. The fourth-order valence-electron chi connectivity index (χ4n) is 3.34. The molecule has 4 rings (SSSR count). The van der Waals surface area contributed by atoms with Gasteiger partial charge in [0.15, 0.2) is 5.84 Å². The van der Waals surface area contributed by atoms with Crippen LogP contribution in [0.15, 0.2) is 52.1 Å². The molecule has 2 aliphatic rings. The first-order chi connectivity index (χ1) is 16.5. The molecule has 35 heavy (non-hydrogen) atoms. The number of sulfone groups is 1. The van der Waals surface area contributed by atoms with E-state index in [1.165, 1.54) is 6.08 Å². The number of hydrogen-bond donors (Lipinski definition) is 1. The van der Waals surface area contributed by atoms with Gasteiger partial charge in [0, 0.05) is 6.26 Å². The Bertz CT molecular complexity index is 1410. The Morgan fingerprint density at radius 1 is 1.11 bits per heavy atom. The summed E-state index contributed by atoms with van der Waals surface area (Å²) in [6, 6.07) is 10.9. The first-order valence-electron chi connectivity index (χ1n) is 10.3. The van der Waals surface area contributed by atoms with Crippen molar-refractivity contribution in [1.82, 2.24) is 5.01 Å². The summed E-state index contributed by atoms with van der Waals surface area (Å²) in [5.41, 5.74) is 2.73. The molecule has 2 heterocycles. The van der Waals surface area contributed by atoms with Crippen LogP contribution in [0.4, 0.5) is 0 Å². The van der Waals surface area contributed by atoms with E-state index >= 15 is 0 Å². The SMILES string of the molecule is Cc1cc(C)cc(OCCOc2ccc(/C=C3/C(=N)N4N=C(S(C)(=O)=O)SC4=NC3=O)cc2Cl)c1. The normalized spacial score (nSPS) is 16.8. The molecule has 2 aliphatic heterocycles. The molecule has 0 bridgehead atoms. The molecular weight excluding hydrogens is 512 g/mol. The van der Waals surface area contributed by atoms with E-state index in [-0.39, 0.29) is 27.6 Å². The van der Waals surface area contributed by atoms with Crippen LogP contribution in [0.1, 0.15) is 16.7 Å². The van der Waals surface area contributed by atoms with Gasteiger partial charge in [-0.05, 0) is 72.6 Å². The van der Waals surface area contributed by atoms with E-state index < -0.39 is 15.7 Å². The number of benzene rings is 2. The number of carbonyl (C=O) groups excluding carboxylic acids is 1. The van der Waals surface area contributed by atoms with Crippen molar-refractivity contribution in [2.45, 2.75) is 13.8 Å². The summed E-state index contributed by atoms with van der Waals surface area (Å²) in [6.45, 7) is 4.62. The zero-order chi connectivity index (χ0) is 25.3. The predicted octanol–water partition coefficient (Wildman–Crippen LogP) is 4.04. The van der Waals surface area contributed by atoms with Gasteiger partial charge in [0.05, 0.1) is 10.6 Å². The maximum atomic E-state index is 12.5. The maximum absolute atomic E-state index is 12.5. The number of amides is 1. The van der Waals surface area contributed by atoms with E-state index in [2.05, 4.69) is 16.2 Å². The summed E-state index contributed by atoms with van der Waals surface area (Å²) in [7, 11) is -3.60. The number of rotatable bonds is 6. The van der Waals surface area contributed by atoms with Crippen LogP contribution in [0.25, 0.3) is 6.08 Å². The van der Waals surface area contributed by atoms with Crippen molar-refractivity contribution in [3.05, 3.63) is 63.7 Å². The van der Waals surface area contributed by atoms with Gasteiger partial charge in [-0.25, -0.2) is 8.42 Å². The third kappa shape index (κ3) is 5.75. The molecule has 0 radical (unpaired) electrons. The van der Waals surface area contributed by atoms with Gasteiger partial charge in [0.1, 0.15) is 24.7 Å². The minimum atomic E-state index is -3.60. The summed E-state index contributed by atoms with van der Waals surface area (Å²) in [4.78, 5) is 16.4. The highest BCUT2D eigenvalue weighted by atomic mass is 35.5. The van der Waals surface area contributed by atoms with Crippen LogP contribution < -0.4 is 9.47 Å². The molecule has 2 aromatic carbocycles. The van der Waals surface area contributed by atoms with E-state index in [0.717, 1.165) is 39.9 Å². The van der Waals surface area contributed by atoms with Gasteiger partial charge in [-0.3, -0.25) is 10.2 Å². The lowest BCUT2D eigenvalue weighted by Gasteiger charge is -2.20. The third-order valence-electron chi connectivity index (χ3n) is 4.82. The second-order valence-electron chi connectivity index (χ2n) is 7.87. The van der Waals surface area contributed by atoms with Crippen molar-refractivity contribution in [1.29, 1.82) is 5.41 Å². The number of amidine groups is 2. The number of halogens is 1. The quantitative estimate of drug-likeness (QED) is 0.440. The Morgan fingerprint density at radius 2 is 1.80 bits per heavy atom. The number of aryl methyl sites for hydroxylation is 2. The van der Waals surface area contributed by atoms with E-state index in [1.807, 2.05) is 26.0 Å². The Morgan fingerprint density at radius 3 is 2.46 bits per heavy atom. The molecule has 2 aromatic rings. The molecule has 0 atom stereocenters. The molecule has 12 heteroatoms. The first kappa shape index (κ1) is 25.0. The zero-order valence-electron chi connectivity index (χ0n) is 19.0. The molecule has 0 saturated carbocycles. The van der Waals surface area contributed by atoms with Crippen LogP contribution in [-0.2, 0) is 14.6 Å². The second-order valence-corrected chi connectivity index (χ2v) is 11.4. The second kappa shape index (κ2) is 9.84. The summed E-state index contributed by atoms with van der Waals surface area (Å²) < 4.78 is 34.8. The number of hydrazone groups is 1. The van der Waals surface area contributed by atoms with Crippen LogP contribution in [0.3, 0.4) is 0 Å². The number of ether oxygens (including phenoxy) is 2. The van der Waals surface area contributed by atoms with Crippen LogP contribution in [-0.4, -0.2) is 54.2 Å². The Hall–Kier alpha value is -3.15. The molecule has 0 unspecified atom stereocenters. The molecule has 9 nitrogen and oxygen atoms in total.